The summed E-state index contributed by atoms with van der Waals surface area (Å²) in [6, 6.07) is 2.58. The second-order valence-electron chi connectivity index (χ2n) is 3.86. The molecule has 0 radical (unpaired) electrons. The Morgan fingerprint density at radius 3 is 2.79 bits per heavy atom. The van der Waals surface area contributed by atoms with E-state index in [-0.39, 0.29) is 0 Å². The molecular formula is C10H14N4. The van der Waals surface area contributed by atoms with Crippen molar-refractivity contribution >= 4 is 0 Å². The lowest BCUT2D eigenvalue weighted by atomic mass is 10.1. The number of hydrogen-bond acceptors (Lipinski definition) is 3. The Morgan fingerprint density at radius 1 is 1.50 bits per heavy atom. The molecular weight excluding hydrogens is 176 g/mol. The minimum absolute atomic E-state index is 0.480. The van der Waals surface area contributed by atoms with Gasteiger partial charge in [-0.2, -0.15) is 10.4 Å². The summed E-state index contributed by atoms with van der Waals surface area (Å²) in [5, 5.41) is 12.9. The summed E-state index contributed by atoms with van der Waals surface area (Å²) < 4.78 is 1.94. The first-order valence-corrected chi connectivity index (χ1v) is 4.92. The van der Waals surface area contributed by atoms with Crippen LogP contribution in [0.3, 0.4) is 0 Å². The van der Waals surface area contributed by atoms with Gasteiger partial charge in [0.05, 0.1) is 17.8 Å². The lowest BCUT2D eigenvalue weighted by Crippen LogP contribution is -2.31. The Bertz CT molecular complexity index is 341. The molecule has 2 rings (SSSR count). The van der Waals surface area contributed by atoms with Gasteiger partial charge in [0.2, 0.25) is 0 Å². The predicted molar refractivity (Wildman–Crippen MR) is 52.7 cm³/mol. The van der Waals surface area contributed by atoms with Crippen LogP contribution in [-0.4, -0.2) is 34.8 Å². The summed E-state index contributed by atoms with van der Waals surface area (Å²) in [6.07, 6.45) is 5.74. The Kier molecular flexibility index (Phi) is 2.51. The first-order chi connectivity index (χ1) is 6.79. The van der Waals surface area contributed by atoms with Gasteiger partial charge in [-0.3, -0.25) is 4.68 Å². The zero-order valence-electron chi connectivity index (χ0n) is 8.35. The van der Waals surface area contributed by atoms with Crippen LogP contribution in [-0.2, 0) is 0 Å². The molecule has 0 N–H and O–H groups in total. The standard InChI is InChI=1S/C10H14N4/c1-13-4-2-10(3-5-13)14-8-9(6-11)7-12-14/h7-8,10H,2-5H2,1H3. The third-order valence-corrected chi connectivity index (χ3v) is 2.79. The maximum Gasteiger partial charge on any atom is 0.102 e. The van der Waals surface area contributed by atoms with Gasteiger partial charge in [0.25, 0.3) is 0 Å². The molecule has 0 aromatic carbocycles. The summed E-state index contributed by atoms with van der Waals surface area (Å²) in [5.41, 5.74) is 0.656. The Hall–Kier alpha value is -1.34. The van der Waals surface area contributed by atoms with Crippen molar-refractivity contribution in [3.05, 3.63) is 18.0 Å². The van der Waals surface area contributed by atoms with Gasteiger partial charge in [0.15, 0.2) is 0 Å². The average molecular weight is 190 g/mol. The van der Waals surface area contributed by atoms with Crippen LogP contribution < -0.4 is 0 Å². The molecule has 1 aromatic rings. The summed E-state index contributed by atoms with van der Waals surface area (Å²) >= 11 is 0. The quantitative estimate of drug-likeness (QED) is 0.664. The normalized spacial score (nSPS) is 19.4. The minimum Gasteiger partial charge on any atom is -0.306 e. The van der Waals surface area contributed by atoms with Crippen LogP contribution in [0.4, 0.5) is 0 Å². The molecule has 0 spiro atoms. The fourth-order valence-electron chi connectivity index (χ4n) is 1.85. The molecule has 4 heteroatoms. The average Bonchev–Trinajstić information content (AvgIpc) is 2.67. The van der Waals surface area contributed by atoms with Gasteiger partial charge in [0, 0.05) is 6.20 Å². The van der Waals surface area contributed by atoms with Gasteiger partial charge in [-0.15, -0.1) is 0 Å². The third-order valence-electron chi connectivity index (χ3n) is 2.79. The third kappa shape index (κ3) is 1.78. The van der Waals surface area contributed by atoms with E-state index in [2.05, 4.69) is 23.1 Å². The fourth-order valence-corrected chi connectivity index (χ4v) is 1.85. The molecule has 0 atom stereocenters. The number of nitrogens with zero attached hydrogens (tertiary/aromatic N) is 4. The van der Waals surface area contributed by atoms with Crippen molar-refractivity contribution < 1.29 is 0 Å². The van der Waals surface area contributed by atoms with E-state index in [1.165, 1.54) is 0 Å². The van der Waals surface area contributed by atoms with Crippen LogP contribution in [0.1, 0.15) is 24.4 Å². The van der Waals surface area contributed by atoms with Crippen molar-refractivity contribution in [2.45, 2.75) is 18.9 Å². The van der Waals surface area contributed by atoms with Gasteiger partial charge >= 0.3 is 0 Å². The maximum absolute atomic E-state index is 8.68. The Morgan fingerprint density at radius 2 is 2.21 bits per heavy atom. The molecule has 0 bridgehead atoms. The van der Waals surface area contributed by atoms with E-state index in [4.69, 9.17) is 5.26 Å². The van der Waals surface area contributed by atoms with Crippen LogP contribution in [0.25, 0.3) is 0 Å². The highest BCUT2D eigenvalue weighted by atomic mass is 15.3. The lowest BCUT2D eigenvalue weighted by Gasteiger charge is -2.28. The number of nitriles is 1. The van der Waals surface area contributed by atoms with Crippen LogP contribution in [0, 0.1) is 11.3 Å². The van der Waals surface area contributed by atoms with Gasteiger partial charge in [-0.1, -0.05) is 0 Å². The Balaban J connectivity index is 2.05. The second-order valence-corrected chi connectivity index (χ2v) is 3.86. The summed E-state index contributed by atoms with van der Waals surface area (Å²) in [6.45, 7) is 2.23. The van der Waals surface area contributed by atoms with E-state index in [9.17, 15) is 0 Å². The molecule has 2 heterocycles. The highest BCUT2D eigenvalue weighted by Crippen LogP contribution is 2.20. The van der Waals surface area contributed by atoms with Crippen molar-refractivity contribution in [1.82, 2.24) is 14.7 Å². The van der Waals surface area contributed by atoms with E-state index < -0.39 is 0 Å². The molecule has 14 heavy (non-hydrogen) atoms. The van der Waals surface area contributed by atoms with Gasteiger partial charge in [-0.25, -0.2) is 0 Å². The lowest BCUT2D eigenvalue weighted by molar-refractivity contribution is 0.212. The van der Waals surface area contributed by atoms with E-state index in [0.717, 1.165) is 25.9 Å². The zero-order valence-corrected chi connectivity index (χ0v) is 8.35. The van der Waals surface area contributed by atoms with E-state index in [1.807, 2.05) is 10.9 Å². The highest BCUT2D eigenvalue weighted by molar-refractivity contribution is 5.21. The van der Waals surface area contributed by atoms with Crippen molar-refractivity contribution in [3.63, 3.8) is 0 Å². The maximum atomic E-state index is 8.68. The summed E-state index contributed by atoms with van der Waals surface area (Å²) in [5.74, 6) is 0. The number of rotatable bonds is 1. The van der Waals surface area contributed by atoms with Crippen molar-refractivity contribution in [2.24, 2.45) is 0 Å². The van der Waals surface area contributed by atoms with E-state index in [0.29, 0.717) is 11.6 Å². The largest absolute Gasteiger partial charge is 0.306 e. The summed E-state index contributed by atoms with van der Waals surface area (Å²) in [7, 11) is 2.14. The van der Waals surface area contributed by atoms with Crippen molar-refractivity contribution in [3.8, 4) is 6.07 Å². The van der Waals surface area contributed by atoms with Crippen molar-refractivity contribution in [1.29, 1.82) is 5.26 Å². The van der Waals surface area contributed by atoms with Crippen molar-refractivity contribution in [2.75, 3.05) is 20.1 Å². The zero-order chi connectivity index (χ0) is 9.97. The molecule has 0 unspecified atom stereocenters. The SMILES string of the molecule is CN1CCC(n2cc(C#N)cn2)CC1. The van der Waals surface area contributed by atoms with Crippen LogP contribution in [0.5, 0.6) is 0 Å². The predicted octanol–water partition coefficient (Wildman–Crippen LogP) is 1.02. The molecule has 0 saturated carbocycles. The summed E-state index contributed by atoms with van der Waals surface area (Å²) in [4.78, 5) is 2.32. The molecule has 1 fully saturated rings. The Labute approximate surface area is 83.7 Å². The fraction of sp³-hybridized carbons (Fsp3) is 0.600. The minimum atomic E-state index is 0.480. The van der Waals surface area contributed by atoms with E-state index >= 15 is 0 Å². The number of aromatic nitrogens is 2. The first kappa shape index (κ1) is 9.22. The van der Waals surface area contributed by atoms with Gasteiger partial charge in [0.1, 0.15) is 6.07 Å². The van der Waals surface area contributed by atoms with Gasteiger partial charge in [-0.05, 0) is 33.0 Å². The van der Waals surface area contributed by atoms with Gasteiger partial charge < -0.3 is 4.90 Å². The molecule has 4 nitrogen and oxygen atoms in total. The number of likely N-dealkylation sites (tertiary alicyclic amines) is 1. The monoisotopic (exact) mass is 190 g/mol. The molecule has 1 saturated heterocycles. The molecule has 0 aliphatic carbocycles. The topological polar surface area (TPSA) is 44.9 Å². The van der Waals surface area contributed by atoms with E-state index in [1.54, 1.807) is 6.20 Å². The molecule has 1 aromatic heterocycles. The smallest absolute Gasteiger partial charge is 0.102 e. The molecule has 1 aliphatic rings. The molecule has 0 amide bonds. The second kappa shape index (κ2) is 3.81. The highest BCUT2D eigenvalue weighted by Gasteiger charge is 2.18. The van der Waals surface area contributed by atoms with Crippen LogP contribution in [0.2, 0.25) is 0 Å². The molecule has 1 aliphatic heterocycles. The number of hydrogen-bond donors (Lipinski definition) is 0. The molecule has 74 valence electrons. The number of piperidine rings is 1. The van der Waals surface area contributed by atoms with Crippen LogP contribution in [0.15, 0.2) is 12.4 Å². The first-order valence-electron chi connectivity index (χ1n) is 4.92. The van der Waals surface area contributed by atoms with Crippen LogP contribution >= 0.6 is 0 Å².